The Kier molecular flexibility index (Phi) is 5.32. The van der Waals surface area contributed by atoms with E-state index in [-0.39, 0.29) is 13.1 Å². The van der Waals surface area contributed by atoms with E-state index in [0.717, 1.165) is 28.0 Å². The number of halogens is 2. The number of hydrogen-bond acceptors (Lipinski definition) is 8. The van der Waals surface area contributed by atoms with E-state index in [2.05, 4.69) is 30.2 Å². The molecule has 0 aliphatic carbocycles. The van der Waals surface area contributed by atoms with Crippen molar-refractivity contribution in [3.63, 3.8) is 0 Å². The Morgan fingerprint density at radius 2 is 1.89 bits per heavy atom. The van der Waals surface area contributed by atoms with Crippen molar-refractivity contribution in [2.45, 2.75) is 13.3 Å². The molecule has 1 aliphatic rings. The number of rotatable bonds is 6. The Labute approximate surface area is 204 Å². The molecule has 0 spiro atoms. The van der Waals surface area contributed by atoms with E-state index in [4.69, 9.17) is 4.74 Å². The maximum absolute atomic E-state index is 12.9. The Bertz CT molecular complexity index is 1580. The lowest BCUT2D eigenvalue weighted by Crippen LogP contribution is -2.50. The second-order valence-electron chi connectivity index (χ2n) is 8.84. The lowest BCUT2D eigenvalue weighted by molar-refractivity contribution is 0.0608. The van der Waals surface area contributed by atoms with Crippen molar-refractivity contribution in [2.75, 3.05) is 23.3 Å². The molecular formula is C25H22F2N8O. The Hall–Kier alpha value is -4.41. The predicted molar refractivity (Wildman–Crippen MR) is 132 cm³/mol. The molecule has 0 amide bonds. The molecule has 1 fully saturated rings. The molecule has 0 unspecified atom stereocenters. The summed E-state index contributed by atoms with van der Waals surface area (Å²) in [5.41, 5.74) is 4.69. The van der Waals surface area contributed by atoms with Gasteiger partial charge in [0, 0.05) is 31.9 Å². The fourth-order valence-electron chi connectivity index (χ4n) is 4.21. The maximum Gasteiger partial charge on any atom is 0.244 e. The summed E-state index contributed by atoms with van der Waals surface area (Å²) in [6.07, 6.45) is 2.45. The van der Waals surface area contributed by atoms with Crippen LogP contribution in [-0.4, -0.2) is 49.0 Å². The van der Waals surface area contributed by atoms with Crippen molar-refractivity contribution in [3.8, 4) is 11.5 Å². The van der Waals surface area contributed by atoms with Crippen molar-refractivity contribution >= 4 is 39.5 Å². The van der Waals surface area contributed by atoms with Crippen LogP contribution in [0.15, 0.2) is 55.2 Å². The third kappa shape index (κ3) is 4.02. The summed E-state index contributed by atoms with van der Waals surface area (Å²) in [7, 11) is 1.95. The molecule has 6 rings (SSSR count). The standard InChI is InChI=1S/C25H22F2N8O/c1-14-7-16(3-6-21(14)36-17-4-5-20-18(8-17)31-13-34(20)2)32-24-22-19(29-12-30-24)9-28-25(33-22)35-10-15(11-35)23(26)27/h3-9,12-13,15,23H,10-11H2,1-2H3,(H,29,30,32). The highest BCUT2D eigenvalue weighted by Gasteiger charge is 2.35. The monoisotopic (exact) mass is 488 g/mol. The fourth-order valence-corrected chi connectivity index (χ4v) is 4.21. The van der Waals surface area contributed by atoms with E-state index in [1.165, 1.54) is 6.33 Å². The largest absolute Gasteiger partial charge is 0.457 e. The molecule has 4 heterocycles. The van der Waals surface area contributed by atoms with E-state index in [0.29, 0.717) is 28.5 Å². The average Bonchev–Trinajstić information content (AvgIpc) is 3.20. The number of aromatic nitrogens is 6. The van der Waals surface area contributed by atoms with Crippen LogP contribution in [0.25, 0.3) is 22.1 Å². The first-order chi connectivity index (χ1) is 17.4. The van der Waals surface area contributed by atoms with Gasteiger partial charge < -0.3 is 19.5 Å². The van der Waals surface area contributed by atoms with Gasteiger partial charge in [-0.25, -0.2) is 33.7 Å². The van der Waals surface area contributed by atoms with Gasteiger partial charge in [-0.15, -0.1) is 0 Å². The molecule has 9 nitrogen and oxygen atoms in total. The summed E-state index contributed by atoms with van der Waals surface area (Å²) in [4.78, 5) is 23.5. The lowest BCUT2D eigenvalue weighted by Gasteiger charge is -2.38. The van der Waals surface area contributed by atoms with Gasteiger partial charge >= 0.3 is 0 Å². The van der Waals surface area contributed by atoms with Gasteiger partial charge in [-0.3, -0.25) is 0 Å². The quantitative estimate of drug-likeness (QED) is 0.363. The van der Waals surface area contributed by atoms with E-state index in [1.807, 2.05) is 54.9 Å². The summed E-state index contributed by atoms with van der Waals surface area (Å²) in [6.45, 7) is 2.42. The van der Waals surface area contributed by atoms with Gasteiger partial charge in [-0.2, -0.15) is 0 Å². The highest BCUT2D eigenvalue weighted by Crippen LogP contribution is 2.32. The Balaban J connectivity index is 1.22. The minimum absolute atomic E-state index is 0.230. The zero-order valence-electron chi connectivity index (χ0n) is 19.6. The molecule has 1 saturated heterocycles. The van der Waals surface area contributed by atoms with Crippen LogP contribution in [0.4, 0.5) is 26.2 Å². The van der Waals surface area contributed by atoms with Crippen LogP contribution >= 0.6 is 0 Å². The molecule has 36 heavy (non-hydrogen) atoms. The second kappa shape index (κ2) is 8.67. The molecule has 182 valence electrons. The van der Waals surface area contributed by atoms with E-state index in [9.17, 15) is 8.78 Å². The molecule has 0 radical (unpaired) electrons. The first-order valence-corrected chi connectivity index (χ1v) is 11.4. The average molecular weight is 489 g/mol. The molecule has 1 N–H and O–H groups in total. The van der Waals surface area contributed by atoms with E-state index >= 15 is 0 Å². The van der Waals surface area contributed by atoms with Crippen molar-refractivity contribution in [1.29, 1.82) is 0 Å². The second-order valence-corrected chi connectivity index (χ2v) is 8.84. The molecule has 1 aliphatic heterocycles. The van der Waals surface area contributed by atoms with Gasteiger partial charge in [0.1, 0.15) is 28.9 Å². The van der Waals surface area contributed by atoms with Crippen LogP contribution in [0.1, 0.15) is 5.56 Å². The van der Waals surface area contributed by atoms with Crippen LogP contribution in [0.3, 0.4) is 0 Å². The molecule has 11 heteroatoms. The van der Waals surface area contributed by atoms with Gasteiger partial charge in [0.15, 0.2) is 5.82 Å². The molecular weight excluding hydrogens is 466 g/mol. The minimum Gasteiger partial charge on any atom is -0.457 e. The smallest absolute Gasteiger partial charge is 0.244 e. The van der Waals surface area contributed by atoms with Gasteiger partial charge in [-0.1, -0.05) is 0 Å². The number of nitrogens with one attached hydrogen (secondary N) is 1. The molecule has 0 atom stereocenters. The topological polar surface area (TPSA) is 93.9 Å². The molecule has 3 aromatic heterocycles. The summed E-state index contributed by atoms with van der Waals surface area (Å²) >= 11 is 0. The van der Waals surface area contributed by atoms with Gasteiger partial charge in [0.2, 0.25) is 12.4 Å². The van der Waals surface area contributed by atoms with E-state index in [1.54, 1.807) is 17.4 Å². The number of imidazole rings is 1. The highest BCUT2D eigenvalue weighted by molar-refractivity contribution is 5.87. The lowest BCUT2D eigenvalue weighted by atomic mass is 10.0. The third-order valence-electron chi connectivity index (χ3n) is 6.28. The van der Waals surface area contributed by atoms with Gasteiger partial charge in [-0.05, 0) is 42.8 Å². The summed E-state index contributed by atoms with van der Waals surface area (Å²) in [5, 5.41) is 3.29. The number of benzene rings is 2. The first kappa shape index (κ1) is 22.1. The number of alkyl halides is 2. The van der Waals surface area contributed by atoms with Crippen LogP contribution in [-0.2, 0) is 7.05 Å². The van der Waals surface area contributed by atoms with Gasteiger partial charge in [0.05, 0.1) is 29.5 Å². The zero-order chi connectivity index (χ0) is 24.8. The highest BCUT2D eigenvalue weighted by atomic mass is 19.3. The van der Waals surface area contributed by atoms with Crippen LogP contribution in [0.5, 0.6) is 11.5 Å². The van der Waals surface area contributed by atoms with Crippen LogP contribution in [0.2, 0.25) is 0 Å². The van der Waals surface area contributed by atoms with Crippen molar-refractivity contribution < 1.29 is 13.5 Å². The summed E-state index contributed by atoms with van der Waals surface area (Å²) in [5.74, 6) is 1.67. The minimum atomic E-state index is -2.34. The number of hydrogen-bond donors (Lipinski definition) is 1. The number of nitrogens with zero attached hydrogens (tertiary/aromatic N) is 7. The number of ether oxygens (including phenoxy) is 1. The SMILES string of the molecule is Cc1cc(Nc2ncnc3cnc(N4CC(C(F)F)C4)nc23)ccc1Oc1ccc2c(c1)ncn2C. The van der Waals surface area contributed by atoms with Crippen molar-refractivity contribution in [3.05, 3.63) is 60.8 Å². The van der Waals surface area contributed by atoms with Crippen molar-refractivity contribution in [2.24, 2.45) is 13.0 Å². The summed E-state index contributed by atoms with van der Waals surface area (Å²) < 4.78 is 33.8. The van der Waals surface area contributed by atoms with Crippen molar-refractivity contribution in [1.82, 2.24) is 29.5 Å². The molecule has 2 aromatic carbocycles. The Morgan fingerprint density at radius 1 is 1.03 bits per heavy atom. The Morgan fingerprint density at radius 3 is 2.69 bits per heavy atom. The van der Waals surface area contributed by atoms with E-state index < -0.39 is 12.3 Å². The zero-order valence-corrected chi connectivity index (χ0v) is 19.6. The van der Waals surface area contributed by atoms with Gasteiger partial charge in [0.25, 0.3) is 0 Å². The molecule has 0 bridgehead atoms. The van der Waals surface area contributed by atoms with Crippen LogP contribution in [0, 0.1) is 12.8 Å². The summed E-state index contributed by atoms with van der Waals surface area (Å²) in [6, 6.07) is 11.5. The normalized spacial score (nSPS) is 14.0. The first-order valence-electron chi connectivity index (χ1n) is 11.4. The number of aryl methyl sites for hydroxylation is 2. The predicted octanol–water partition coefficient (Wildman–Crippen LogP) is 4.85. The van der Waals surface area contributed by atoms with Crippen LogP contribution < -0.4 is 15.0 Å². The fraction of sp³-hybridized carbons (Fsp3) is 0.240. The molecule has 0 saturated carbocycles. The third-order valence-corrected chi connectivity index (χ3v) is 6.28. The molecule has 5 aromatic rings. The number of anilines is 3. The number of fused-ring (bicyclic) bond motifs is 2. The maximum atomic E-state index is 12.9.